The van der Waals surface area contributed by atoms with E-state index < -0.39 is 25.4 Å². The number of ketones is 1. The summed E-state index contributed by atoms with van der Waals surface area (Å²) in [5.41, 5.74) is 6.04. The van der Waals surface area contributed by atoms with E-state index in [1.807, 2.05) is 0 Å². The number of amides is 2. The molecule has 0 saturated carbocycles. The molecular weight excluding hydrogens is 494 g/mol. The van der Waals surface area contributed by atoms with Crippen molar-refractivity contribution in [2.24, 2.45) is 0 Å². The molecule has 1 aromatic heterocycles. The van der Waals surface area contributed by atoms with Crippen LogP contribution in [-0.2, 0) is 13.6 Å². The van der Waals surface area contributed by atoms with E-state index in [2.05, 4.69) is 20.4 Å². The molecule has 2 amide bonds. The highest BCUT2D eigenvalue weighted by atomic mass is 31.2. The van der Waals surface area contributed by atoms with Crippen LogP contribution < -0.4 is 20.9 Å². The Balaban J connectivity index is 1.60. The smallest absolute Gasteiger partial charge is 0.436 e. The van der Waals surface area contributed by atoms with Crippen molar-refractivity contribution in [3.8, 4) is 5.75 Å². The molecule has 1 aliphatic rings. The van der Waals surface area contributed by atoms with Crippen molar-refractivity contribution < 1.29 is 32.3 Å². The van der Waals surface area contributed by atoms with E-state index in [0.29, 0.717) is 25.9 Å². The largest absolute Gasteiger partial charge is 0.496 e. The van der Waals surface area contributed by atoms with Crippen LogP contribution in [0.5, 0.6) is 5.75 Å². The quantitative estimate of drug-likeness (QED) is 0.311. The van der Waals surface area contributed by atoms with Gasteiger partial charge in [-0.3, -0.25) is 13.8 Å². The van der Waals surface area contributed by atoms with Crippen molar-refractivity contribution in [2.45, 2.75) is 32.7 Å². The number of methoxy groups -OCH3 is 1. The molecule has 1 saturated heterocycles. The minimum absolute atomic E-state index is 0.0115. The van der Waals surface area contributed by atoms with Gasteiger partial charge in [0, 0.05) is 25.3 Å². The Bertz CT molecular complexity index is 1130. The van der Waals surface area contributed by atoms with E-state index in [1.54, 1.807) is 13.8 Å². The van der Waals surface area contributed by atoms with Crippen molar-refractivity contribution in [3.63, 3.8) is 0 Å². The maximum Gasteiger partial charge on any atom is 0.436 e. The molecule has 4 N–H and O–H groups in total. The first-order chi connectivity index (χ1) is 17.2. The second kappa shape index (κ2) is 12.1. The number of ether oxygens (including phenoxy) is 1. The highest BCUT2D eigenvalue weighted by Gasteiger charge is 2.31. The van der Waals surface area contributed by atoms with Crippen LogP contribution in [0.1, 0.15) is 42.6 Å². The fourth-order valence-electron chi connectivity index (χ4n) is 3.68. The molecule has 3 rings (SSSR count). The maximum atomic E-state index is 13.7. The second-order valence-corrected chi connectivity index (χ2v) is 9.56. The number of nitrogens with one attached hydrogen (secondary N) is 2. The van der Waals surface area contributed by atoms with Crippen LogP contribution in [0.3, 0.4) is 0 Å². The Labute approximate surface area is 208 Å². The summed E-state index contributed by atoms with van der Waals surface area (Å²) in [5, 5.41) is 5.50. The van der Waals surface area contributed by atoms with Crippen LogP contribution in [0.25, 0.3) is 0 Å². The Morgan fingerprint density at radius 2 is 1.86 bits per heavy atom. The average Bonchev–Trinajstić information content (AvgIpc) is 2.84. The van der Waals surface area contributed by atoms with Crippen LogP contribution >= 0.6 is 7.75 Å². The molecule has 1 fully saturated rings. The summed E-state index contributed by atoms with van der Waals surface area (Å²) in [6.45, 7) is 4.34. The molecule has 36 heavy (non-hydrogen) atoms. The molecule has 0 unspecified atom stereocenters. The first-order valence-electron chi connectivity index (χ1n) is 11.4. The SMILES string of the molecule is CCOP(=O)(NC(=O)N1CCC(Nc2ncc(C(=O)c3cc(F)ccc3OC)c(N)n2)CC1)OCC. The molecule has 14 heteroatoms. The van der Waals surface area contributed by atoms with Gasteiger partial charge in [-0.25, -0.2) is 23.8 Å². The number of rotatable bonds is 10. The summed E-state index contributed by atoms with van der Waals surface area (Å²) in [7, 11) is -2.33. The summed E-state index contributed by atoms with van der Waals surface area (Å²) in [6.07, 6.45) is 2.40. The third-order valence-electron chi connectivity index (χ3n) is 5.42. The molecule has 0 radical (unpaired) electrons. The molecule has 0 spiro atoms. The lowest BCUT2D eigenvalue weighted by Crippen LogP contribution is -2.46. The normalized spacial score (nSPS) is 14.4. The fourth-order valence-corrected chi connectivity index (χ4v) is 4.94. The van der Waals surface area contributed by atoms with Crippen LogP contribution in [0.4, 0.5) is 21.0 Å². The number of hydrogen-bond acceptors (Lipinski definition) is 10. The number of anilines is 2. The van der Waals surface area contributed by atoms with Crippen LogP contribution in [0, 0.1) is 5.82 Å². The van der Waals surface area contributed by atoms with Crippen LogP contribution in [0.15, 0.2) is 24.4 Å². The van der Waals surface area contributed by atoms with E-state index in [0.717, 1.165) is 6.07 Å². The zero-order valence-electron chi connectivity index (χ0n) is 20.3. The number of halogens is 1. The van der Waals surface area contributed by atoms with E-state index in [9.17, 15) is 18.5 Å². The molecule has 1 aliphatic heterocycles. The zero-order chi connectivity index (χ0) is 26.3. The van der Waals surface area contributed by atoms with E-state index >= 15 is 0 Å². The van der Waals surface area contributed by atoms with Gasteiger partial charge in [0.05, 0.1) is 31.5 Å². The average molecular weight is 524 g/mol. The lowest BCUT2D eigenvalue weighted by Gasteiger charge is -2.33. The third-order valence-corrected chi connectivity index (χ3v) is 7.08. The Hall–Kier alpha value is -3.28. The molecular formula is C22H30FN6O6P. The number of likely N-dealkylation sites (tertiary alicyclic amines) is 1. The van der Waals surface area contributed by atoms with Gasteiger partial charge in [-0.15, -0.1) is 0 Å². The number of nitrogens with two attached hydrogens (primary N) is 1. The van der Waals surface area contributed by atoms with Gasteiger partial charge < -0.3 is 20.7 Å². The van der Waals surface area contributed by atoms with Crippen molar-refractivity contribution in [2.75, 3.05) is 44.5 Å². The predicted octanol–water partition coefficient (Wildman–Crippen LogP) is 3.20. The van der Waals surface area contributed by atoms with Gasteiger partial charge in [0.2, 0.25) is 11.7 Å². The van der Waals surface area contributed by atoms with Gasteiger partial charge in [-0.2, -0.15) is 4.98 Å². The van der Waals surface area contributed by atoms with E-state index in [4.69, 9.17) is 19.5 Å². The van der Waals surface area contributed by atoms with Gasteiger partial charge in [0.1, 0.15) is 17.4 Å². The van der Waals surface area contributed by atoms with E-state index in [-0.39, 0.29) is 47.9 Å². The van der Waals surface area contributed by atoms with Crippen molar-refractivity contribution in [1.82, 2.24) is 20.0 Å². The first kappa shape index (κ1) is 27.3. The molecule has 0 aliphatic carbocycles. The number of aromatic nitrogens is 2. The monoisotopic (exact) mass is 524 g/mol. The molecule has 0 atom stereocenters. The first-order valence-corrected chi connectivity index (χ1v) is 13.0. The molecule has 12 nitrogen and oxygen atoms in total. The lowest BCUT2D eigenvalue weighted by atomic mass is 10.0. The van der Waals surface area contributed by atoms with Gasteiger partial charge in [-0.1, -0.05) is 0 Å². The summed E-state index contributed by atoms with van der Waals surface area (Å²) < 4.78 is 41.5. The van der Waals surface area contributed by atoms with Crippen LogP contribution in [-0.4, -0.2) is 66.1 Å². The highest BCUT2D eigenvalue weighted by Crippen LogP contribution is 2.43. The Morgan fingerprint density at radius 1 is 1.19 bits per heavy atom. The lowest BCUT2D eigenvalue weighted by molar-refractivity contribution is 0.103. The van der Waals surface area contributed by atoms with Crippen molar-refractivity contribution >= 4 is 31.3 Å². The third kappa shape index (κ3) is 6.68. The van der Waals surface area contributed by atoms with E-state index in [1.165, 1.54) is 30.3 Å². The minimum atomic E-state index is -3.71. The van der Waals surface area contributed by atoms with Gasteiger partial charge in [0.25, 0.3) is 0 Å². The molecule has 2 heterocycles. The van der Waals surface area contributed by atoms with Crippen LogP contribution in [0.2, 0.25) is 0 Å². The number of urea groups is 1. The van der Waals surface area contributed by atoms with Crippen molar-refractivity contribution in [3.05, 3.63) is 41.3 Å². The number of nitrogens with zero attached hydrogens (tertiary/aromatic N) is 3. The fraction of sp³-hybridized carbons (Fsp3) is 0.455. The number of piperidine rings is 1. The predicted molar refractivity (Wildman–Crippen MR) is 130 cm³/mol. The van der Waals surface area contributed by atoms with Gasteiger partial charge >= 0.3 is 13.8 Å². The number of nitrogen functional groups attached to an aromatic ring is 1. The number of carbonyl (C=O) groups is 2. The zero-order valence-corrected chi connectivity index (χ0v) is 21.2. The minimum Gasteiger partial charge on any atom is -0.496 e. The summed E-state index contributed by atoms with van der Waals surface area (Å²) >= 11 is 0. The summed E-state index contributed by atoms with van der Waals surface area (Å²) in [5.74, 6) is -0.794. The maximum absolute atomic E-state index is 13.7. The molecule has 0 bridgehead atoms. The Morgan fingerprint density at radius 3 is 2.44 bits per heavy atom. The Kier molecular flexibility index (Phi) is 9.19. The van der Waals surface area contributed by atoms with Crippen molar-refractivity contribution in [1.29, 1.82) is 0 Å². The summed E-state index contributed by atoms with van der Waals surface area (Å²) in [4.78, 5) is 35.3. The summed E-state index contributed by atoms with van der Waals surface area (Å²) in [6, 6.07) is 3.01. The number of benzene rings is 1. The molecule has 196 valence electrons. The second-order valence-electron chi connectivity index (χ2n) is 7.82. The molecule has 2 aromatic rings. The standard InChI is InChI=1S/C22H30FN6O6P/c1-4-34-36(32,35-5-2)28-22(31)29-10-8-15(9-11-29)26-21-25-13-17(20(24)27-21)19(30)16-12-14(23)6-7-18(16)33-3/h6-7,12-13,15H,4-5,8-11H2,1-3H3,(H,28,31,32)(H3,24,25,26,27). The van der Waals surface area contributed by atoms with Gasteiger partial charge in [0.15, 0.2) is 0 Å². The topological polar surface area (TPSA) is 158 Å². The number of hydrogen-bond donors (Lipinski definition) is 3. The van der Waals surface area contributed by atoms with Gasteiger partial charge in [-0.05, 0) is 44.9 Å². The highest BCUT2D eigenvalue weighted by molar-refractivity contribution is 7.52. The molecule has 1 aromatic carbocycles. The number of carbonyl (C=O) groups excluding carboxylic acids is 2.